The zero-order chi connectivity index (χ0) is 8.97. The van der Waals surface area contributed by atoms with E-state index in [2.05, 4.69) is 4.99 Å². The second-order valence-electron chi connectivity index (χ2n) is 2.70. The average molecular weight is 291 g/mol. The number of halogens is 1. The van der Waals surface area contributed by atoms with E-state index in [1.165, 1.54) is 0 Å². The summed E-state index contributed by atoms with van der Waals surface area (Å²) in [6, 6.07) is 9.64. The Bertz CT molecular complexity index is 269. The van der Waals surface area contributed by atoms with Crippen molar-refractivity contribution in [1.82, 2.24) is 4.90 Å². The van der Waals surface area contributed by atoms with E-state index in [1.807, 2.05) is 44.4 Å². The molecule has 0 aromatic heterocycles. The highest BCUT2D eigenvalue weighted by Crippen LogP contribution is 2.09. The molecule has 72 valence electrons. The molecule has 0 aliphatic carbocycles. The van der Waals surface area contributed by atoms with Crippen LogP contribution in [0.1, 0.15) is 0 Å². The van der Waals surface area contributed by atoms with Gasteiger partial charge in [-0.1, -0.05) is 18.2 Å². The molecule has 0 atom stereocenters. The Kier molecular flexibility index (Phi) is 5.45. The van der Waals surface area contributed by atoms with Crippen molar-refractivity contribution in [2.45, 2.75) is 0 Å². The first-order valence-electron chi connectivity index (χ1n) is 3.76. The predicted molar refractivity (Wildman–Crippen MR) is 66.8 cm³/mol. The minimum atomic E-state index is 0. The van der Waals surface area contributed by atoms with Crippen LogP contribution in [0.3, 0.4) is 0 Å². The van der Waals surface area contributed by atoms with E-state index in [4.69, 9.17) is 5.73 Å². The first-order chi connectivity index (χ1) is 5.70. The molecule has 0 radical (unpaired) electrons. The van der Waals surface area contributed by atoms with Gasteiger partial charge in [-0.25, -0.2) is 4.99 Å². The number of para-hydroxylation sites is 1. The summed E-state index contributed by atoms with van der Waals surface area (Å²) in [6.45, 7) is 0. The molecule has 0 unspecified atom stereocenters. The molecule has 1 aromatic rings. The second kappa shape index (κ2) is 5.80. The fourth-order valence-electron chi connectivity index (χ4n) is 0.735. The number of nitrogens with two attached hydrogens (primary N) is 1. The number of aliphatic imine (C=N–C) groups is 1. The van der Waals surface area contributed by atoms with Gasteiger partial charge in [0.25, 0.3) is 0 Å². The van der Waals surface area contributed by atoms with Crippen molar-refractivity contribution >= 4 is 35.6 Å². The molecule has 0 saturated carbocycles. The van der Waals surface area contributed by atoms with E-state index in [-0.39, 0.29) is 24.0 Å². The summed E-state index contributed by atoms with van der Waals surface area (Å²) in [5.74, 6) is 0.515. The molecule has 0 amide bonds. The van der Waals surface area contributed by atoms with Gasteiger partial charge >= 0.3 is 0 Å². The Hall–Kier alpha value is -0.780. The van der Waals surface area contributed by atoms with E-state index in [9.17, 15) is 0 Å². The van der Waals surface area contributed by atoms with Gasteiger partial charge in [0.2, 0.25) is 0 Å². The van der Waals surface area contributed by atoms with Crippen molar-refractivity contribution in [1.29, 1.82) is 0 Å². The van der Waals surface area contributed by atoms with Crippen molar-refractivity contribution in [2.24, 2.45) is 10.7 Å². The van der Waals surface area contributed by atoms with Crippen LogP contribution >= 0.6 is 24.0 Å². The number of hydrogen-bond acceptors (Lipinski definition) is 1. The molecule has 0 heterocycles. The van der Waals surface area contributed by atoms with Gasteiger partial charge in [-0.2, -0.15) is 0 Å². The van der Waals surface area contributed by atoms with Crippen LogP contribution in [-0.2, 0) is 0 Å². The first kappa shape index (κ1) is 12.2. The summed E-state index contributed by atoms with van der Waals surface area (Å²) in [6.07, 6.45) is 0. The Morgan fingerprint density at radius 2 is 1.77 bits per heavy atom. The summed E-state index contributed by atoms with van der Waals surface area (Å²) in [5.41, 5.74) is 6.50. The van der Waals surface area contributed by atoms with E-state index in [0.29, 0.717) is 5.96 Å². The fraction of sp³-hybridized carbons (Fsp3) is 0.222. The molecule has 0 fully saturated rings. The maximum absolute atomic E-state index is 5.62. The zero-order valence-electron chi connectivity index (χ0n) is 7.77. The lowest BCUT2D eigenvalue weighted by atomic mass is 10.3. The van der Waals surface area contributed by atoms with Crippen molar-refractivity contribution in [3.05, 3.63) is 30.3 Å². The predicted octanol–water partition coefficient (Wildman–Crippen LogP) is 1.81. The van der Waals surface area contributed by atoms with E-state index in [1.54, 1.807) is 4.90 Å². The van der Waals surface area contributed by atoms with Gasteiger partial charge in [0.1, 0.15) is 0 Å². The number of nitrogens with zero attached hydrogens (tertiary/aromatic N) is 2. The van der Waals surface area contributed by atoms with Crippen LogP contribution in [0.25, 0.3) is 0 Å². The molecule has 4 heteroatoms. The van der Waals surface area contributed by atoms with Gasteiger partial charge in [-0.3, -0.25) is 0 Å². The van der Waals surface area contributed by atoms with Crippen molar-refractivity contribution in [3.63, 3.8) is 0 Å². The van der Waals surface area contributed by atoms with Crippen LogP contribution < -0.4 is 5.73 Å². The maximum Gasteiger partial charge on any atom is 0.195 e. The molecule has 0 spiro atoms. The lowest BCUT2D eigenvalue weighted by molar-refractivity contribution is 0.615. The molecule has 3 nitrogen and oxygen atoms in total. The van der Waals surface area contributed by atoms with Crippen LogP contribution in [0.15, 0.2) is 35.3 Å². The third kappa shape index (κ3) is 4.12. The maximum atomic E-state index is 5.62. The highest BCUT2D eigenvalue weighted by atomic mass is 127. The minimum absolute atomic E-state index is 0. The van der Waals surface area contributed by atoms with Gasteiger partial charge in [-0.05, 0) is 12.1 Å². The van der Waals surface area contributed by atoms with E-state index in [0.717, 1.165) is 5.69 Å². The Morgan fingerprint density at radius 1 is 1.23 bits per heavy atom. The molecule has 0 aliphatic heterocycles. The van der Waals surface area contributed by atoms with Crippen molar-refractivity contribution in [2.75, 3.05) is 14.1 Å². The van der Waals surface area contributed by atoms with Crippen molar-refractivity contribution in [3.8, 4) is 0 Å². The summed E-state index contributed by atoms with van der Waals surface area (Å²) in [5, 5.41) is 0. The highest BCUT2D eigenvalue weighted by Gasteiger charge is 1.93. The highest BCUT2D eigenvalue weighted by molar-refractivity contribution is 14.0. The largest absolute Gasteiger partial charge is 0.370 e. The molecule has 2 N–H and O–H groups in total. The lowest BCUT2D eigenvalue weighted by Gasteiger charge is -2.09. The van der Waals surface area contributed by atoms with Gasteiger partial charge in [-0.15, -0.1) is 24.0 Å². The van der Waals surface area contributed by atoms with Gasteiger partial charge in [0.05, 0.1) is 5.69 Å². The third-order valence-electron chi connectivity index (χ3n) is 1.46. The van der Waals surface area contributed by atoms with E-state index >= 15 is 0 Å². The number of hydrogen-bond donors (Lipinski definition) is 1. The summed E-state index contributed by atoms with van der Waals surface area (Å²) in [4.78, 5) is 5.95. The lowest BCUT2D eigenvalue weighted by Crippen LogP contribution is -2.29. The zero-order valence-corrected chi connectivity index (χ0v) is 10.1. The molecule has 0 saturated heterocycles. The Labute approximate surface area is 95.7 Å². The number of benzene rings is 1. The number of guanidine groups is 1. The van der Waals surface area contributed by atoms with E-state index < -0.39 is 0 Å². The van der Waals surface area contributed by atoms with Crippen LogP contribution in [0.2, 0.25) is 0 Å². The van der Waals surface area contributed by atoms with Crippen LogP contribution in [0.4, 0.5) is 5.69 Å². The third-order valence-corrected chi connectivity index (χ3v) is 1.46. The Morgan fingerprint density at radius 3 is 2.23 bits per heavy atom. The molecule has 1 aromatic carbocycles. The van der Waals surface area contributed by atoms with Gasteiger partial charge < -0.3 is 10.6 Å². The quantitative estimate of drug-likeness (QED) is 0.487. The molecule has 1 rings (SSSR count). The van der Waals surface area contributed by atoms with Gasteiger partial charge in [0.15, 0.2) is 5.96 Å². The summed E-state index contributed by atoms with van der Waals surface area (Å²) < 4.78 is 0. The minimum Gasteiger partial charge on any atom is -0.370 e. The molecule has 0 bridgehead atoms. The topological polar surface area (TPSA) is 41.6 Å². The molecule has 13 heavy (non-hydrogen) atoms. The average Bonchev–Trinajstić information content (AvgIpc) is 2.06. The van der Waals surface area contributed by atoms with Gasteiger partial charge in [0, 0.05) is 14.1 Å². The molecular formula is C9H14IN3. The molecular weight excluding hydrogens is 277 g/mol. The normalized spacial score (nSPS) is 10.5. The van der Waals surface area contributed by atoms with Crippen LogP contribution in [-0.4, -0.2) is 25.0 Å². The Balaban J connectivity index is 0.00000144. The first-order valence-corrected chi connectivity index (χ1v) is 3.76. The molecule has 0 aliphatic rings. The SMILES string of the molecule is CN(C)C(N)=Nc1ccccc1.I. The summed E-state index contributed by atoms with van der Waals surface area (Å²) >= 11 is 0. The number of rotatable bonds is 1. The second-order valence-corrected chi connectivity index (χ2v) is 2.70. The monoisotopic (exact) mass is 291 g/mol. The summed E-state index contributed by atoms with van der Waals surface area (Å²) in [7, 11) is 3.73. The van der Waals surface area contributed by atoms with Crippen LogP contribution in [0, 0.1) is 0 Å². The van der Waals surface area contributed by atoms with Crippen molar-refractivity contribution < 1.29 is 0 Å². The smallest absolute Gasteiger partial charge is 0.195 e. The fourth-order valence-corrected chi connectivity index (χ4v) is 0.735. The van der Waals surface area contributed by atoms with Crippen LogP contribution in [0.5, 0.6) is 0 Å². The standard InChI is InChI=1S/C9H13N3.HI/c1-12(2)9(10)11-8-6-4-3-5-7-8;/h3-7H,1-2H3,(H2,10,11);1H.